The Balaban J connectivity index is 2.89. The molecule has 1 aromatic carbocycles. The molecule has 24 heavy (non-hydrogen) atoms. The predicted octanol–water partition coefficient (Wildman–Crippen LogP) is 4.49. The van der Waals surface area contributed by atoms with Crippen LogP contribution in [0.2, 0.25) is 0 Å². The van der Waals surface area contributed by atoms with Gasteiger partial charge in [-0.3, -0.25) is 9.59 Å². The van der Waals surface area contributed by atoms with Gasteiger partial charge in [0.25, 0.3) is 0 Å². The minimum Gasteiger partial charge on any atom is -0.496 e. The molecule has 1 unspecified atom stereocenters. The van der Waals surface area contributed by atoms with Crippen LogP contribution in [0.3, 0.4) is 0 Å². The number of hydrogen-bond donors (Lipinski definition) is 1. The van der Waals surface area contributed by atoms with E-state index in [1.165, 1.54) is 14.0 Å². The molecule has 0 fully saturated rings. The van der Waals surface area contributed by atoms with Crippen LogP contribution in [0.5, 0.6) is 5.75 Å². The second-order valence-electron chi connectivity index (χ2n) is 5.77. The van der Waals surface area contributed by atoms with Crippen LogP contribution < -0.4 is 4.74 Å². The van der Waals surface area contributed by atoms with E-state index in [0.29, 0.717) is 11.3 Å². The first-order valence-electron chi connectivity index (χ1n) is 8.01. The summed E-state index contributed by atoms with van der Waals surface area (Å²) in [6, 6.07) is 5.10. The first-order chi connectivity index (χ1) is 11.4. The highest BCUT2D eigenvalue weighted by Crippen LogP contribution is 2.22. The van der Waals surface area contributed by atoms with Crippen LogP contribution in [-0.4, -0.2) is 24.4 Å². The number of carbonyl (C=O) groups is 2. The lowest BCUT2D eigenvalue weighted by molar-refractivity contribution is -0.117. The summed E-state index contributed by atoms with van der Waals surface area (Å²) < 4.78 is 5.17. The number of allylic oxidation sites excluding steroid dienone is 2. The highest BCUT2D eigenvalue weighted by atomic mass is 16.5. The maximum absolute atomic E-state index is 12.1. The van der Waals surface area contributed by atoms with Gasteiger partial charge in [0.2, 0.25) is 5.78 Å². The lowest BCUT2D eigenvalue weighted by Crippen LogP contribution is -2.11. The van der Waals surface area contributed by atoms with Crippen molar-refractivity contribution in [1.82, 2.24) is 0 Å². The number of methoxy groups -OCH3 is 1. The fraction of sp³-hybridized carbons (Fsp3) is 0.350. The highest BCUT2D eigenvalue weighted by molar-refractivity contribution is 6.44. The lowest BCUT2D eigenvalue weighted by atomic mass is 9.98. The molecule has 0 amide bonds. The van der Waals surface area contributed by atoms with E-state index < -0.39 is 0 Å². The van der Waals surface area contributed by atoms with Crippen molar-refractivity contribution in [2.24, 2.45) is 5.92 Å². The van der Waals surface area contributed by atoms with Crippen molar-refractivity contribution in [2.75, 3.05) is 7.11 Å². The van der Waals surface area contributed by atoms with E-state index in [9.17, 15) is 9.59 Å². The van der Waals surface area contributed by atoms with Crippen LogP contribution in [0.4, 0.5) is 0 Å². The molecule has 1 atom stereocenters. The predicted molar refractivity (Wildman–Crippen MR) is 98.0 cm³/mol. The zero-order valence-electron chi connectivity index (χ0n) is 14.6. The molecule has 4 nitrogen and oxygen atoms in total. The zero-order chi connectivity index (χ0) is 18.1. The first kappa shape index (κ1) is 19.6. The average Bonchev–Trinajstić information content (AvgIpc) is 2.58. The van der Waals surface area contributed by atoms with E-state index in [1.807, 2.05) is 13.0 Å². The number of hydrogen-bond acceptors (Lipinski definition) is 4. The van der Waals surface area contributed by atoms with Crippen LogP contribution in [0, 0.1) is 11.3 Å². The van der Waals surface area contributed by atoms with Crippen LogP contribution in [0.1, 0.15) is 49.0 Å². The molecule has 1 aromatic rings. The van der Waals surface area contributed by atoms with Gasteiger partial charge < -0.3 is 10.1 Å². The molecule has 0 radical (unpaired) electrons. The summed E-state index contributed by atoms with van der Waals surface area (Å²) in [5, 5.41) is 7.50. The molecule has 0 bridgehead atoms. The Morgan fingerprint density at radius 2 is 2.08 bits per heavy atom. The Hall–Kier alpha value is -2.49. The Morgan fingerprint density at radius 1 is 1.38 bits per heavy atom. The fourth-order valence-electron chi connectivity index (χ4n) is 2.26. The third kappa shape index (κ3) is 5.61. The van der Waals surface area contributed by atoms with Crippen molar-refractivity contribution in [2.45, 2.75) is 33.1 Å². The summed E-state index contributed by atoms with van der Waals surface area (Å²) in [6.07, 6.45) is 7.79. The molecular weight excluding hydrogens is 302 g/mol. The van der Waals surface area contributed by atoms with Crippen LogP contribution in [0.15, 0.2) is 36.9 Å². The molecule has 4 heteroatoms. The highest BCUT2D eigenvalue weighted by Gasteiger charge is 2.15. The quantitative estimate of drug-likeness (QED) is 0.226. The molecule has 0 aliphatic heterocycles. The number of unbranched alkanes of at least 4 members (excludes halogenated alkanes) is 1. The molecule has 0 heterocycles. The SMILES string of the molecule is C=CCCCC(C)C(=O)C=Cc1ccc(OC)c(C(=O)C(C)=N)c1. The molecule has 0 aliphatic carbocycles. The smallest absolute Gasteiger partial charge is 0.209 e. The molecule has 0 saturated carbocycles. The molecule has 0 saturated heterocycles. The average molecular weight is 327 g/mol. The molecule has 0 aromatic heterocycles. The Kier molecular flexibility index (Phi) is 7.83. The van der Waals surface area contributed by atoms with E-state index in [0.717, 1.165) is 24.8 Å². The van der Waals surface area contributed by atoms with Crippen molar-refractivity contribution in [3.63, 3.8) is 0 Å². The van der Waals surface area contributed by atoms with Gasteiger partial charge in [0.05, 0.1) is 18.4 Å². The zero-order valence-corrected chi connectivity index (χ0v) is 14.6. The van der Waals surface area contributed by atoms with Crippen molar-refractivity contribution in [3.05, 3.63) is 48.1 Å². The van der Waals surface area contributed by atoms with Gasteiger partial charge in [0.1, 0.15) is 5.75 Å². The van der Waals surface area contributed by atoms with Gasteiger partial charge in [0.15, 0.2) is 5.78 Å². The Morgan fingerprint density at radius 3 is 2.67 bits per heavy atom. The summed E-state index contributed by atoms with van der Waals surface area (Å²) in [6.45, 7) is 7.03. The maximum Gasteiger partial charge on any atom is 0.209 e. The van der Waals surface area contributed by atoms with Gasteiger partial charge >= 0.3 is 0 Å². The third-order valence-corrected chi connectivity index (χ3v) is 3.78. The molecule has 1 N–H and O–H groups in total. The summed E-state index contributed by atoms with van der Waals surface area (Å²) in [5.41, 5.74) is 1.01. The first-order valence-corrected chi connectivity index (χ1v) is 8.01. The minimum absolute atomic E-state index is 0.0376. The van der Waals surface area contributed by atoms with Crippen LogP contribution in [0.25, 0.3) is 6.08 Å². The van der Waals surface area contributed by atoms with Gasteiger partial charge in [-0.2, -0.15) is 0 Å². The number of ether oxygens (including phenoxy) is 1. The number of benzene rings is 1. The van der Waals surface area contributed by atoms with E-state index >= 15 is 0 Å². The Bertz CT molecular complexity index is 659. The normalized spacial score (nSPS) is 12.0. The lowest BCUT2D eigenvalue weighted by Gasteiger charge is -2.08. The van der Waals surface area contributed by atoms with Gasteiger partial charge in [-0.25, -0.2) is 0 Å². The van der Waals surface area contributed by atoms with E-state index in [2.05, 4.69) is 6.58 Å². The van der Waals surface area contributed by atoms with Gasteiger partial charge in [-0.1, -0.05) is 25.1 Å². The number of nitrogens with one attached hydrogen (secondary N) is 1. The van der Waals surface area contributed by atoms with Gasteiger partial charge in [-0.05, 0) is 50.0 Å². The topological polar surface area (TPSA) is 67.2 Å². The van der Waals surface area contributed by atoms with Crippen molar-refractivity contribution in [1.29, 1.82) is 5.41 Å². The van der Waals surface area contributed by atoms with E-state index in [-0.39, 0.29) is 23.2 Å². The molecule has 0 aliphatic rings. The number of Topliss-reactive ketones (excluding diaryl/α,β-unsaturated/α-hetero) is 1. The minimum atomic E-state index is -0.383. The molecule has 1 rings (SSSR count). The number of ketones is 2. The van der Waals surface area contributed by atoms with Crippen LogP contribution >= 0.6 is 0 Å². The second-order valence-corrected chi connectivity index (χ2v) is 5.77. The van der Waals surface area contributed by atoms with Gasteiger partial charge in [-0.15, -0.1) is 6.58 Å². The van der Waals surface area contributed by atoms with Crippen molar-refractivity contribution >= 4 is 23.4 Å². The molecule has 128 valence electrons. The summed E-state index contributed by atoms with van der Waals surface area (Å²) in [7, 11) is 1.48. The monoisotopic (exact) mass is 327 g/mol. The van der Waals surface area contributed by atoms with E-state index in [1.54, 1.807) is 30.4 Å². The van der Waals surface area contributed by atoms with Crippen molar-refractivity contribution < 1.29 is 14.3 Å². The van der Waals surface area contributed by atoms with Crippen LogP contribution in [-0.2, 0) is 4.79 Å². The number of carbonyl (C=O) groups excluding carboxylic acids is 2. The standard InChI is InChI=1S/C20H25NO3/c1-5-6-7-8-14(2)18(22)11-9-16-10-12-19(24-4)17(13-16)20(23)15(3)21/h5,9-14,21H,1,6-8H2,2-4H3. The molecule has 0 spiro atoms. The number of rotatable bonds is 10. The summed E-state index contributed by atoms with van der Waals surface area (Å²) in [4.78, 5) is 24.2. The largest absolute Gasteiger partial charge is 0.496 e. The van der Waals surface area contributed by atoms with Gasteiger partial charge in [0, 0.05) is 5.92 Å². The maximum atomic E-state index is 12.1. The van der Waals surface area contributed by atoms with E-state index in [4.69, 9.17) is 10.1 Å². The summed E-state index contributed by atoms with van der Waals surface area (Å²) >= 11 is 0. The fourth-order valence-corrected chi connectivity index (χ4v) is 2.26. The third-order valence-electron chi connectivity index (χ3n) is 3.78. The Labute approximate surface area is 143 Å². The second kappa shape index (κ2) is 9.60. The molecular formula is C20H25NO3. The summed E-state index contributed by atoms with van der Waals surface area (Å²) in [5.74, 6) is 0.0643. The van der Waals surface area contributed by atoms with Crippen molar-refractivity contribution in [3.8, 4) is 5.75 Å².